The number of carbonyl (C=O) groups is 2. The number of ether oxygens (including phenoxy) is 2. The van der Waals surface area contributed by atoms with Crippen molar-refractivity contribution in [3.05, 3.63) is 71.2 Å². The van der Waals surface area contributed by atoms with Gasteiger partial charge in [-0.15, -0.1) is 0 Å². The number of hydrogen-bond donors (Lipinski definition) is 0. The standard InChI is InChI=1S/C20H14F4N2O4/c1-29-18(27)15-16(14-12(20(22,23)24)9-6-10-13(14)21)25-26(17(15)19(28)30-2)11-7-4-3-5-8-11/h3-10H,1-2H3. The number of para-hydroxylation sites is 1. The molecule has 1 aromatic heterocycles. The van der Waals surface area contributed by atoms with E-state index in [0.29, 0.717) is 6.07 Å². The third-order valence-corrected chi connectivity index (χ3v) is 4.21. The van der Waals surface area contributed by atoms with Crippen LogP contribution in [0.1, 0.15) is 26.4 Å². The number of methoxy groups -OCH3 is 2. The number of carbonyl (C=O) groups excluding carboxylic acids is 2. The number of halogens is 4. The maximum Gasteiger partial charge on any atom is 0.417 e. The molecule has 0 amide bonds. The van der Waals surface area contributed by atoms with Gasteiger partial charge in [0.15, 0.2) is 5.69 Å². The summed E-state index contributed by atoms with van der Waals surface area (Å²) in [6.07, 6.45) is -4.95. The summed E-state index contributed by atoms with van der Waals surface area (Å²) in [6.45, 7) is 0. The van der Waals surface area contributed by atoms with Crippen LogP contribution in [0.5, 0.6) is 0 Å². The maximum absolute atomic E-state index is 14.6. The SMILES string of the molecule is COC(=O)c1c(-c2c(F)cccc2C(F)(F)F)nn(-c2ccccc2)c1C(=O)OC. The lowest BCUT2D eigenvalue weighted by Crippen LogP contribution is -2.15. The van der Waals surface area contributed by atoms with Crippen LogP contribution in [0.25, 0.3) is 16.9 Å². The fraction of sp³-hybridized carbons (Fsp3) is 0.150. The maximum atomic E-state index is 14.6. The van der Waals surface area contributed by atoms with Gasteiger partial charge < -0.3 is 9.47 Å². The third kappa shape index (κ3) is 3.63. The highest BCUT2D eigenvalue weighted by molar-refractivity contribution is 6.07. The molecule has 0 aliphatic heterocycles. The van der Waals surface area contributed by atoms with E-state index < -0.39 is 52.0 Å². The third-order valence-electron chi connectivity index (χ3n) is 4.21. The van der Waals surface area contributed by atoms with Gasteiger partial charge in [0.25, 0.3) is 0 Å². The average molecular weight is 422 g/mol. The van der Waals surface area contributed by atoms with E-state index in [1.54, 1.807) is 18.2 Å². The molecule has 0 spiro atoms. The van der Waals surface area contributed by atoms with Crippen LogP contribution in [0.15, 0.2) is 48.5 Å². The highest BCUT2D eigenvalue weighted by Gasteiger charge is 2.39. The lowest BCUT2D eigenvalue weighted by atomic mass is 9.99. The first kappa shape index (κ1) is 21.0. The molecule has 1 heterocycles. The topological polar surface area (TPSA) is 70.4 Å². The second-order valence-electron chi connectivity index (χ2n) is 5.96. The van der Waals surface area contributed by atoms with Crippen LogP contribution in [0.2, 0.25) is 0 Å². The first-order valence-corrected chi connectivity index (χ1v) is 8.41. The minimum absolute atomic E-state index is 0.235. The molecule has 10 heteroatoms. The van der Waals surface area contributed by atoms with E-state index in [0.717, 1.165) is 31.0 Å². The van der Waals surface area contributed by atoms with Gasteiger partial charge in [0.05, 0.1) is 31.0 Å². The summed E-state index contributed by atoms with van der Waals surface area (Å²) in [5.41, 5.74) is -3.95. The number of esters is 2. The second-order valence-corrected chi connectivity index (χ2v) is 5.96. The summed E-state index contributed by atoms with van der Waals surface area (Å²) in [5, 5.41) is 4.00. The van der Waals surface area contributed by atoms with Crippen LogP contribution >= 0.6 is 0 Å². The predicted molar refractivity (Wildman–Crippen MR) is 96.6 cm³/mol. The second kappa shape index (κ2) is 7.97. The summed E-state index contributed by atoms with van der Waals surface area (Å²) >= 11 is 0. The molecule has 2 aromatic carbocycles. The first-order valence-electron chi connectivity index (χ1n) is 8.41. The Morgan fingerprint density at radius 1 is 0.933 bits per heavy atom. The molecule has 0 saturated heterocycles. The number of benzene rings is 2. The van der Waals surface area contributed by atoms with Gasteiger partial charge in [-0.05, 0) is 24.3 Å². The lowest BCUT2D eigenvalue weighted by molar-refractivity contribution is -0.137. The van der Waals surface area contributed by atoms with Gasteiger partial charge in [-0.1, -0.05) is 24.3 Å². The highest BCUT2D eigenvalue weighted by Crippen LogP contribution is 2.40. The van der Waals surface area contributed by atoms with Crippen molar-refractivity contribution < 1.29 is 36.6 Å². The van der Waals surface area contributed by atoms with E-state index in [-0.39, 0.29) is 5.69 Å². The normalized spacial score (nSPS) is 11.3. The first-order chi connectivity index (χ1) is 14.2. The van der Waals surface area contributed by atoms with Gasteiger partial charge >= 0.3 is 18.1 Å². The van der Waals surface area contributed by atoms with E-state index in [9.17, 15) is 27.2 Å². The minimum Gasteiger partial charge on any atom is -0.465 e. The van der Waals surface area contributed by atoms with Gasteiger partial charge in [-0.25, -0.2) is 18.7 Å². The summed E-state index contributed by atoms with van der Waals surface area (Å²) in [6, 6.07) is 10.1. The Balaban J connectivity index is 2.47. The molecule has 0 aliphatic rings. The number of rotatable bonds is 4. The van der Waals surface area contributed by atoms with Crippen molar-refractivity contribution in [3.63, 3.8) is 0 Å². The molecular weight excluding hydrogens is 408 g/mol. The predicted octanol–water partition coefficient (Wildman–Crippen LogP) is 4.27. The smallest absolute Gasteiger partial charge is 0.417 e. The molecule has 6 nitrogen and oxygen atoms in total. The number of hydrogen-bond acceptors (Lipinski definition) is 5. The van der Waals surface area contributed by atoms with Crippen molar-refractivity contribution in [3.8, 4) is 16.9 Å². The van der Waals surface area contributed by atoms with Gasteiger partial charge in [-0.3, -0.25) is 0 Å². The molecule has 0 atom stereocenters. The van der Waals surface area contributed by atoms with Crippen molar-refractivity contribution in [2.24, 2.45) is 0 Å². The van der Waals surface area contributed by atoms with Gasteiger partial charge in [0.1, 0.15) is 17.1 Å². The molecule has 0 unspecified atom stereocenters. The molecule has 30 heavy (non-hydrogen) atoms. The van der Waals surface area contributed by atoms with E-state index >= 15 is 0 Å². The summed E-state index contributed by atoms with van der Waals surface area (Å²) in [7, 11) is 1.99. The van der Waals surface area contributed by atoms with E-state index in [1.807, 2.05) is 0 Å². The quantitative estimate of drug-likeness (QED) is 0.464. The minimum atomic E-state index is -4.95. The summed E-state index contributed by atoms with van der Waals surface area (Å²) < 4.78 is 65.6. The van der Waals surface area contributed by atoms with Gasteiger partial charge in [0.2, 0.25) is 0 Å². The van der Waals surface area contributed by atoms with Gasteiger partial charge in [-0.2, -0.15) is 18.3 Å². The van der Waals surface area contributed by atoms with Crippen LogP contribution in [0.3, 0.4) is 0 Å². The zero-order valence-electron chi connectivity index (χ0n) is 15.7. The van der Waals surface area contributed by atoms with Crippen molar-refractivity contribution in [2.45, 2.75) is 6.18 Å². The Morgan fingerprint density at radius 3 is 2.13 bits per heavy atom. The molecular formula is C20H14F4N2O4. The van der Waals surface area contributed by atoms with E-state index in [1.165, 1.54) is 12.1 Å². The molecule has 0 bridgehead atoms. The summed E-state index contributed by atoms with van der Waals surface area (Å²) in [4.78, 5) is 24.9. The zero-order chi connectivity index (χ0) is 22.1. The van der Waals surface area contributed by atoms with Crippen molar-refractivity contribution in [1.82, 2.24) is 9.78 Å². The van der Waals surface area contributed by atoms with Crippen LogP contribution in [0, 0.1) is 5.82 Å². The zero-order valence-corrected chi connectivity index (χ0v) is 15.7. The molecule has 0 aliphatic carbocycles. The van der Waals surface area contributed by atoms with Gasteiger partial charge in [0, 0.05) is 0 Å². The largest absolute Gasteiger partial charge is 0.465 e. The lowest BCUT2D eigenvalue weighted by Gasteiger charge is -2.13. The molecule has 0 fully saturated rings. The Kier molecular flexibility index (Phi) is 5.59. The highest BCUT2D eigenvalue weighted by atomic mass is 19.4. The molecule has 156 valence electrons. The molecule has 0 saturated carbocycles. The van der Waals surface area contributed by atoms with Crippen LogP contribution in [-0.4, -0.2) is 35.9 Å². The Bertz CT molecular complexity index is 1110. The molecule has 0 radical (unpaired) electrons. The van der Waals surface area contributed by atoms with Crippen molar-refractivity contribution >= 4 is 11.9 Å². The Morgan fingerprint density at radius 2 is 1.57 bits per heavy atom. The molecule has 3 aromatic rings. The fourth-order valence-electron chi connectivity index (χ4n) is 2.93. The van der Waals surface area contributed by atoms with Crippen LogP contribution in [0.4, 0.5) is 17.6 Å². The number of nitrogens with zero attached hydrogens (tertiary/aromatic N) is 2. The van der Waals surface area contributed by atoms with Crippen molar-refractivity contribution in [1.29, 1.82) is 0 Å². The monoisotopic (exact) mass is 422 g/mol. The van der Waals surface area contributed by atoms with Crippen molar-refractivity contribution in [2.75, 3.05) is 14.2 Å². The Labute approximate surface area is 167 Å². The fourth-order valence-corrected chi connectivity index (χ4v) is 2.93. The van der Waals surface area contributed by atoms with E-state index in [2.05, 4.69) is 14.6 Å². The van der Waals surface area contributed by atoms with Crippen LogP contribution < -0.4 is 0 Å². The average Bonchev–Trinajstić information content (AvgIpc) is 3.12. The molecule has 0 N–H and O–H groups in total. The number of alkyl halides is 3. The molecule has 3 rings (SSSR count). The Hall–Kier alpha value is -3.69. The van der Waals surface area contributed by atoms with E-state index in [4.69, 9.17) is 0 Å². The van der Waals surface area contributed by atoms with Crippen LogP contribution in [-0.2, 0) is 15.7 Å². The number of aromatic nitrogens is 2. The summed E-state index contributed by atoms with van der Waals surface area (Å²) in [5.74, 6) is -3.52.